The number of rotatable bonds is 2. The molecule has 0 atom stereocenters. The molecule has 0 bridgehead atoms. The van der Waals surface area contributed by atoms with Crippen LogP contribution in [0.15, 0.2) is 46.9 Å². The van der Waals surface area contributed by atoms with Crippen molar-refractivity contribution < 1.29 is 14.6 Å². The fourth-order valence-electron chi connectivity index (χ4n) is 0.968. The van der Waals surface area contributed by atoms with E-state index in [-0.39, 0.29) is 0 Å². The van der Waals surface area contributed by atoms with Crippen LogP contribution in [0.2, 0.25) is 0 Å². The molecule has 0 saturated heterocycles. The van der Waals surface area contributed by atoms with Crippen LogP contribution in [0, 0.1) is 0 Å². The van der Waals surface area contributed by atoms with E-state index in [1.807, 2.05) is 24.4 Å². The molecule has 6 heteroatoms. The molecule has 0 aromatic heterocycles. The summed E-state index contributed by atoms with van der Waals surface area (Å²) in [5.74, 6) is -0.581. The van der Waals surface area contributed by atoms with Crippen LogP contribution >= 0.6 is 11.9 Å². The lowest BCUT2D eigenvalue weighted by Gasteiger charge is -2.07. The van der Waals surface area contributed by atoms with Crippen molar-refractivity contribution in [2.24, 2.45) is 5.10 Å². The van der Waals surface area contributed by atoms with Gasteiger partial charge in [0.25, 0.3) is 0 Å². The standard InChI is InChI=1S/C7H6N2S.C4H6O3/c1-2-4-7-6(3-1)5-8-9-10-7;1-3-4(5)7-6-2/h1-5,9H;3H,1H2,2H3. The highest BCUT2D eigenvalue weighted by Gasteiger charge is 2.01. The van der Waals surface area contributed by atoms with Crippen molar-refractivity contribution in [2.45, 2.75) is 4.90 Å². The lowest BCUT2D eigenvalue weighted by molar-refractivity contribution is -0.249. The molecule has 0 radical (unpaired) electrons. The predicted molar refractivity (Wildman–Crippen MR) is 66.3 cm³/mol. The summed E-state index contributed by atoms with van der Waals surface area (Å²) in [6, 6.07) is 8.15. The van der Waals surface area contributed by atoms with E-state index in [2.05, 4.69) is 32.4 Å². The second-order valence-electron chi connectivity index (χ2n) is 2.76. The molecule has 5 nitrogen and oxygen atoms in total. The third-order valence-electron chi connectivity index (χ3n) is 1.66. The van der Waals surface area contributed by atoms with E-state index >= 15 is 0 Å². The maximum atomic E-state index is 9.95. The van der Waals surface area contributed by atoms with Crippen molar-refractivity contribution in [3.63, 3.8) is 0 Å². The minimum atomic E-state index is -0.581. The number of hydrogen-bond donors (Lipinski definition) is 1. The second kappa shape index (κ2) is 7.48. The van der Waals surface area contributed by atoms with E-state index in [1.165, 1.54) is 17.6 Å². The van der Waals surface area contributed by atoms with Crippen LogP contribution in [0.5, 0.6) is 0 Å². The number of fused-ring (bicyclic) bond motifs is 1. The van der Waals surface area contributed by atoms with Gasteiger partial charge in [0.15, 0.2) is 0 Å². The van der Waals surface area contributed by atoms with Gasteiger partial charge in [-0.25, -0.2) is 9.63 Å². The molecule has 0 fully saturated rings. The van der Waals surface area contributed by atoms with Crippen LogP contribution < -0.4 is 4.83 Å². The fourth-order valence-corrected chi connectivity index (χ4v) is 1.56. The molecule has 0 unspecified atom stereocenters. The van der Waals surface area contributed by atoms with Gasteiger partial charge in [-0.3, -0.25) is 4.89 Å². The van der Waals surface area contributed by atoms with Gasteiger partial charge in [-0.2, -0.15) is 9.99 Å². The molecule has 1 N–H and O–H groups in total. The van der Waals surface area contributed by atoms with Crippen LogP contribution in [-0.2, 0) is 14.6 Å². The Morgan fingerprint density at radius 3 is 2.88 bits per heavy atom. The van der Waals surface area contributed by atoms with Gasteiger partial charge in [-0.15, -0.1) is 0 Å². The zero-order chi connectivity index (χ0) is 12.5. The van der Waals surface area contributed by atoms with Crippen LogP contribution in [-0.4, -0.2) is 19.3 Å². The van der Waals surface area contributed by atoms with Crippen LogP contribution in [0.25, 0.3) is 0 Å². The highest BCUT2D eigenvalue weighted by atomic mass is 32.2. The maximum absolute atomic E-state index is 9.95. The summed E-state index contributed by atoms with van der Waals surface area (Å²) in [7, 11) is 1.25. The summed E-state index contributed by atoms with van der Waals surface area (Å²) in [6.07, 6.45) is 2.84. The van der Waals surface area contributed by atoms with Crippen LogP contribution in [0.3, 0.4) is 0 Å². The van der Waals surface area contributed by atoms with Crippen molar-refractivity contribution in [2.75, 3.05) is 7.11 Å². The van der Waals surface area contributed by atoms with Gasteiger partial charge < -0.3 is 0 Å². The first-order chi connectivity index (χ1) is 8.27. The molecule has 0 aliphatic carbocycles. The molecule has 0 amide bonds. The zero-order valence-corrected chi connectivity index (χ0v) is 10.1. The van der Waals surface area contributed by atoms with Crippen molar-refractivity contribution in [1.29, 1.82) is 0 Å². The van der Waals surface area contributed by atoms with E-state index in [1.54, 1.807) is 11.9 Å². The molecule has 17 heavy (non-hydrogen) atoms. The Kier molecular flexibility index (Phi) is 5.84. The average Bonchev–Trinajstić information content (AvgIpc) is 2.40. The van der Waals surface area contributed by atoms with Gasteiger partial charge in [0.05, 0.1) is 13.3 Å². The number of carbonyl (C=O) groups is 1. The molecule has 90 valence electrons. The number of nitrogens with one attached hydrogen (secondary N) is 1. The number of nitrogens with zero attached hydrogens (tertiary/aromatic N) is 1. The summed E-state index contributed by atoms with van der Waals surface area (Å²) in [6.45, 7) is 3.12. The fraction of sp³-hybridized carbons (Fsp3) is 0.0909. The molecule has 1 aliphatic heterocycles. The maximum Gasteiger partial charge on any atom is 0.365 e. The van der Waals surface area contributed by atoms with Crippen molar-refractivity contribution >= 4 is 24.1 Å². The molecule has 1 heterocycles. The van der Waals surface area contributed by atoms with Gasteiger partial charge in [0.1, 0.15) is 0 Å². The Bertz CT molecular complexity index is 421. The Labute approximate surface area is 104 Å². The van der Waals surface area contributed by atoms with E-state index in [4.69, 9.17) is 0 Å². The summed E-state index contributed by atoms with van der Waals surface area (Å²) in [5, 5.41) is 3.91. The summed E-state index contributed by atoms with van der Waals surface area (Å²) < 4.78 is 0. The van der Waals surface area contributed by atoms with E-state index in [0.717, 1.165) is 6.08 Å². The molecule has 1 aromatic carbocycles. The summed E-state index contributed by atoms with van der Waals surface area (Å²) in [4.78, 5) is 21.9. The summed E-state index contributed by atoms with van der Waals surface area (Å²) in [5.41, 5.74) is 1.19. The number of hydrazone groups is 1. The van der Waals surface area contributed by atoms with Crippen molar-refractivity contribution in [3.8, 4) is 0 Å². The van der Waals surface area contributed by atoms with E-state index in [9.17, 15) is 4.79 Å². The Morgan fingerprint density at radius 1 is 1.53 bits per heavy atom. The minimum Gasteiger partial charge on any atom is -0.294 e. The average molecular weight is 252 g/mol. The largest absolute Gasteiger partial charge is 0.365 e. The zero-order valence-electron chi connectivity index (χ0n) is 9.25. The highest BCUT2D eigenvalue weighted by molar-refractivity contribution is 7.97. The number of carbonyl (C=O) groups excluding carboxylic acids is 1. The Hall–Kier alpha value is -1.79. The second-order valence-corrected chi connectivity index (χ2v) is 3.59. The van der Waals surface area contributed by atoms with Gasteiger partial charge in [0, 0.05) is 28.5 Å². The third-order valence-corrected chi connectivity index (χ3v) is 2.45. The quantitative estimate of drug-likeness (QED) is 0.377. The van der Waals surface area contributed by atoms with Crippen LogP contribution in [0.4, 0.5) is 0 Å². The van der Waals surface area contributed by atoms with E-state index < -0.39 is 5.97 Å². The SMILES string of the molecule is C1=NNSc2ccccc21.C=CC(=O)OOC. The van der Waals surface area contributed by atoms with Crippen molar-refractivity contribution in [3.05, 3.63) is 42.5 Å². The smallest absolute Gasteiger partial charge is 0.294 e. The monoisotopic (exact) mass is 252 g/mol. The van der Waals surface area contributed by atoms with Gasteiger partial charge in [-0.05, 0) is 6.07 Å². The van der Waals surface area contributed by atoms with Crippen molar-refractivity contribution in [1.82, 2.24) is 4.83 Å². The van der Waals surface area contributed by atoms with Gasteiger partial charge in [-0.1, -0.05) is 24.8 Å². The molecule has 0 spiro atoms. The number of benzene rings is 1. The summed E-state index contributed by atoms with van der Waals surface area (Å²) >= 11 is 1.54. The van der Waals surface area contributed by atoms with Gasteiger partial charge >= 0.3 is 5.97 Å². The number of hydrogen-bond acceptors (Lipinski definition) is 6. The van der Waals surface area contributed by atoms with E-state index in [0.29, 0.717) is 0 Å². The normalized spacial score (nSPS) is 11.4. The Morgan fingerprint density at radius 2 is 2.29 bits per heavy atom. The highest BCUT2D eigenvalue weighted by Crippen LogP contribution is 2.20. The van der Waals surface area contributed by atoms with Crippen LogP contribution in [0.1, 0.15) is 5.56 Å². The molecule has 2 rings (SSSR count). The molecule has 1 aliphatic rings. The lowest BCUT2D eigenvalue weighted by Crippen LogP contribution is -2.01. The first-order valence-corrected chi connectivity index (χ1v) is 5.50. The topological polar surface area (TPSA) is 59.9 Å². The molecule has 1 aromatic rings. The Balaban J connectivity index is 0.000000185. The molecular formula is C11H12N2O3S. The van der Waals surface area contributed by atoms with Gasteiger partial charge in [0.2, 0.25) is 0 Å². The predicted octanol–water partition coefficient (Wildman–Crippen LogP) is 1.91. The first-order valence-electron chi connectivity index (χ1n) is 4.69. The third kappa shape index (κ3) is 4.71. The molecule has 0 saturated carbocycles. The minimum absolute atomic E-state index is 0.581. The lowest BCUT2D eigenvalue weighted by atomic mass is 10.2. The molecular weight excluding hydrogens is 240 g/mol. The first kappa shape index (κ1) is 13.3.